The lowest BCUT2D eigenvalue weighted by atomic mass is 9.98. The Kier molecular flexibility index (Phi) is 8.58. The van der Waals surface area contributed by atoms with E-state index in [2.05, 4.69) is 27.2 Å². The fourth-order valence-corrected chi connectivity index (χ4v) is 5.31. The van der Waals surface area contributed by atoms with Crippen LogP contribution in [-0.2, 0) is 25.8 Å². The van der Waals surface area contributed by atoms with E-state index in [1.165, 1.54) is 6.07 Å². The van der Waals surface area contributed by atoms with Crippen LogP contribution in [0.3, 0.4) is 0 Å². The van der Waals surface area contributed by atoms with Crippen molar-refractivity contribution in [3.8, 4) is 22.5 Å². The summed E-state index contributed by atoms with van der Waals surface area (Å²) in [5.74, 6) is 0.736. The average molecular weight is 607 g/mol. The highest BCUT2D eigenvalue weighted by Crippen LogP contribution is 2.30. The predicted octanol–water partition coefficient (Wildman–Crippen LogP) is 5.66. The number of hydrogen-bond acceptors (Lipinski definition) is 8. The minimum atomic E-state index is -0.618. The molecule has 6 aromatic rings. The van der Waals surface area contributed by atoms with E-state index in [-0.39, 0.29) is 30.1 Å². The molecular weight excluding hydrogens is 575 g/mol. The Morgan fingerprint density at radius 3 is 2.36 bits per heavy atom. The Morgan fingerprint density at radius 1 is 0.867 bits per heavy atom. The van der Waals surface area contributed by atoms with Gasteiger partial charge in [0.05, 0.1) is 13.0 Å². The summed E-state index contributed by atoms with van der Waals surface area (Å²) >= 11 is 0. The lowest BCUT2D eigenvalue weighted by Crippen LogP contribution is -2.30. The number of hydrogen-bond donors (Lipinski definition) is 1. The Labute approximate surface area is 257 Å². The van der Waals surface area contributed by atoms with Gasteiger partial charge in [-0.05, 0) is 41.7 Å². The minimum absolute atomic E-state index is 0.121. The molecule has 3 aromatic heterocycles. The quantitative estimate of drug-likeness (QED) is 0.200. The predicted molar refractivity (Wildman–Crippen MR) is 165 cm³/mol. The third-order valence-corrected chi connectivity index (χ3v) is 7.67. The topological polar surface area (TPSA) is 133 Å². The zero-order valence-electron chi connectivity index (χ0n) is 24.9. The van der Waals surface area contributed by atoms with Crippen molar-refractivity contribution in [1.82, 2.24) is 29.8 Å². The molecule has 3 aromatic carbocycles. The number of halogens is 1. The maximum absolute atomic E-state index is 14.1. The molecule has 0 atom stereocenters. The standard InChI is InChI=1S/C34H31FN6O4/c1-3-4-13-30-36-21(2)27(19-31-37-29(39-44-31)18-24-9-5-8-12-28(24)35)33(42)41(30)20-22-14-16-23(17-15-22)25-10-6-7-11-26(25)32-38-34(43)45-40-32/h5-12,14-17H,3-4,13,18-20H2,1-2H3,(H,38,40,43). The van der Waals surface area contributed by atoms with Crippen LogP contribution in [0.4, 0.5) is 4.39 Å². The van der Waals surface area contributed by atoms with Crippen molar-refractivity contribution < 1.29 is 13.4 Å². The lowest BCUT2D eigenvalue weighted by molar-refractivity contribution is 0.379. The van der Waals surface area contributed by atoms with Crippen molar-refractivity contribution in [1.29, 1.82) is 0 Å². The highest BCUT2D eigenvalue weighted by Gasteiger charge is 2.19. The molecular formula is C34H31FN6O4. The van der Waals surface area contributed by atoms with Gasteiger partial charge in [-0.25, -0.2) is 14.2 Å². The van der Waals surface area contributed by atoms with E-state index in [0.29, 0.717) is 41.4 Å². The normalized spacial score (nSPS) is 11.3. The van der Waals surface area contributed by atoms with Crippen molar-refractivity contribution in [3.05, 3.63) is 139 Å². The van der Waals surface area contributed by atoms with Gasteiger partial charge in [0.25, 0.3) is 5.56 Å². The fourth-order valence-electron chi connectivity index (χ4n) is 5.31. The van der Waals surface area contributed by atoms with Gasteiger partial charge in [0.1, 0.15) is 11.6 Å². The zero-order chi connectivity index (χ0) is 31.3. The number of unbranched alkanes of at least 4 members (excludes halogenated alkanes) is 1. The summed E-state index contributed by atoms with van der Waals surface area (Å²) in [6.07, 6.45) is 2.84. The second-order valence-corrected chi connectivity index (χ2v) is 10.8. The van der Waals surface area contributed by atoms with Crippen LogP contribution in [-0.4, -0.2) is 29.8 Å². The van der Waals surface area contributed by atoms with Crippen LogP contribution in [0, 0.1) is 12.7 Å². The van der Waals surface area contributed by atoms with Crippen LogP contribution in [0.5, 0.6) is 0 Å². The third kappa shape index (κ3) is 6.57. The number of aromatic amines is 1. The molecule has 0 unspecified atom stereocenters. The van der Waals surface area contributed by atoms with Crippen molar-refractivity contribution in [3.63, 3.8) is 0 Å². The average Bonchev–Trinajstić information content (AvgIpc) is 3.69. The summed E-state index contributed by atoms with van der Waals surface area (Å²) in [6.45, 7) is 4.25. The second kappa shape index (κ2) is 13.0. The second-order valence-electron chi connectivity index (χ2n) is 10.8. The summed E-state index contributed by atoms with van der Waals surface area (Å²) in [4.78, 5) is 37.4. The van der Waals surface area contributed by atoms with Gasteiger partial charge in [-0.3, -0.25) is 18.9 Å². The molecule has 45 heavy (non-hydrogen) atoms. The van der Waals surface area contributed by atoms with E-state index in [4.69, 9.17) is 14.0 Å². The van der Waals surface area contributed by atoms with Gasteiger partial charge < -0.3 is 4.52 Å². The molecule has 0 aliphatic heterocycles. The summed E-state index contributed by atoms with van der Waals surface area (Å²) in [5.41, 5.74) is 4.86. The van der Waals surface area contributed by atoms with Crippen molar-refractivity contribution >= 4 is 0 Å². The van der Waals surface area contributed by atoms with Crippen molar-refractivity contribution in [2.45, 2.75) is 52.5 Å². The van der Waals surface area contributed by atoms with Crippen LogP contribution >= 0.6 is 0 Å². The molecule has 0 amide bonds. The maximum Gasteiger partial charge on any atom is 0.439 e. The Bertz CT molecular complexity index is 2060. The van der Waals surface area contributed by atoms with Crippen molar-refractivity contribution in [2.75, 3.05) is 0 Å². The molecule has 10 nitrogen and oxygen atoms in total. The first-order valence-corrected chi connectivity index (χ1v) is 14.8. The van der Waals surface area contributed by atoms with E-state index >= 15 is 0 Å². The van der Waals surface area contributed by atoms with E-state index in [9.17, 15) is 14.0 Å². The number of rotatable bonds is 11. The minimum Gasteiger partial charge on any atom is -0.339 e. The van der Waals surface area contributed by atoms with Crippen LogP contribution in [0.25, 0.3) is 22.5 Å². The first-order valence-electron chi connectivity index (χ1n) is 14.8. The Morgan fingerprint density at radius 2 is 1.62 bits per heavy atom. The molecule has 0 fully saturated rings. The number of nitrogens with one attached hydrogen (secondary N) is 1. The highest BCUT2D eigenvalue weighted by atomic mass is 19.1. The number of aryl methyl sites for hydroxylation is 2. The van der Waals surface area contributed by atoms with Gasteiger partial charge in [-0.1, -0.05) is 90.4 Å². The molecule has 0 aliphatic rings. The molecule has 0 bridgehead atoms. The van der Waals surface area contributed by atoms with Gasteiger partial charge >= 0.3 is 5.76 Å². The molecule has 0 spiro atoms. The van der Waals surface area contributed by atoms with E-state index in [1.807, 2.05) is 55.5 Å². The summed E-state index contributed by atoms with van der Waals surface area (Å²) < 4.78 is 26.0. The molecule has 11 heteroatoms. The molecule has 6 rings (SSSR count). The van der Waals surface area contributed by atoms with Crippen LogP contribution in [0.1, 0.15) is 59.7 Å². The summed E-state index contributed by atoms with van der Waals surface area (Å²) in [7, 11) is 0. The van der Waals surface area contributed by atoms with Gasteiger partial charge in [0.2, 0.25) is 5.89 Å². The van der Waals surface area contributed by atoms with Gasteiger partial charge in [-0.2, -0.15) is 4.98 Å². The lowest BCUT2D eigenvalue weighted by Gasteiger charge is -2.16. The SMILES string of the molecule is CCCCc1nc(C)c(Cc2nc(Cc3ccccc3F)no2)c(=O)n1Cc1ccc(-c2ccccc2-c2noc(=O)[nH]2)cc1. The highest BCUT2D eigenvalue weighted by molar-refractivity contribution is 5.80. The number of nitrogens with zero attached hydrogens (tertiary/aromatic N) is 5. The number of benzene rings is 3. The Balaban J connectivity index is 1.27. The van der Waals surface area contributed by atoms with Gasteiger partial charge in [0, 0.05) is 29.7 Å². The molecule has 228 valence electrons. The zero-order valence-corrected chi connectivity index (χ0v) is 24.9. The smallest absolute Gasteiger partial charge is 0.339 e. The number of H-pyrrole nitrogens is 1. The molecule has 3 heterocycles. The van der Waals surface area contributed by atoms with Crippen molar-refractivity contribution in [2.24, 2.45) is 0 Å². The largest absolute Gasteiger partial charge is 0.439 e. The maximum atomic E-state index is 14.1. The number of aromatic nitrogens is 6. The van der Waals surface area contributed by atoms with E-state index in [0.717, 1.165) is 40.9 Å². The van der Waals surface area contributed by atoms with Crippen LogP contribution < -0.4 is 11.3 Å². The van der Waals surface area contributed by atoms with Crippen LogP contribution in [0.2, 0.25) is 0 Å². The molecule has 0 saturated heterocycles. The first kappa shape index (κ1) is 29.6. The third-order valence-electron chi connectivity index (χ3n) is 7.67. The fraction of sp³-hybridized carbons (Fsp3) is 0.235. The van der Waals surface area contributed by atoms with Crippen LogP contribution in [0.15, 0.2) is 91.4 Å². The molecule has 0 saturated carbocycles. The monoisotopic (exact) mass is 606 g/mol. The molecule has 1 N–H and O–H groups in total. The van der Waals surface area contributed by atoms with Gasteiger partial charge in [0.15, 0.2) is 11.6 Å². The summed E-state index contributed by atoms with van der Waals surface area (Å²) in [5, 5.41) is 7.85. The first-order chi connectivity index (χ1) is 21.9. The van der Waals surface area contributed by atoms with Gasteiger partial charge in [-0.15, -0.1) is 0 Å². The molecule has 0 radical (unpaired) electrons. The summed E-state index contributed by atoms with van der Waals surface area (Å²) in [6, 6.07) is 21.9. The Hall–Kier alpha value is -5.45. The van der Waals surface area contributed by atoms with E-state index < -0.39 is 5.76 Å². The van der Waals surface area contributed by atoms with E-state index in [1.54, 1.807) is 22.8 Å². The molecule has 0 aliphatic carbocycles.